The van der Waals surface area contributed by atoms with Crippen LogP contribution in [0.5, 0.6) is 0 Å². The average molecular weight is 393 g/mol. The van der Waals surface area contributed by atoms with Crippen LogP contribution < -0.4 is 8.90 Å². The molecule has 3 aromatic carbocycles. The van der Waals surface area contributed by atoms with Crippen LogP contribution in [-0.2, 0) is 25.2 Å². The van der Waals surface area contributed by atoms with Crippen LogP contribution in [0.4, 0.5) is 14.5 Å². The standard InChI is InChI=1S/C14H9F2N.C8H6N.Ti/c15-12-6-3-7-13(16)14(12)17-8-10-4-1-2-5-11(10)9-17;1-2-4-8-7(3-1)5-6-9-8;/h1-7H,8H2;1-5,9H;. The molecule has 2 nitrogen and oxygen atoms in total. The molecule has 0 amide bonds. The summed E-state index contributed by atoms with van der Waals surface area (Å²) in [6, 6.07) is 22.4. The minimum atomic E-state index is -0.818. The number of para-hydroxylation sites is 2. The summed E-state index contributed by atoms with van der Waals surface area (Å²) in [6.07, 6.45) is 0. The molecule has 0 radical (unpaired) electrons. The van der Waals surface area contributed by atoms with Crippen LogP contribution in [0.1, 0.15) is 11.1 Å². The molecule has 4 aromatic rings. The van der Waals surface area contributed by atoms with Gasteiger partial charge in [0.05, 0.1) is 0 Å². The molecule has 0 unspecified atom stereocenters. The SMILES string of the molecule is Fc1cccc(F)c1N1Cc2ccccc2[C]1=[Ti][c]1cc2ccccc2[nH]1. The third kappa shape index (κ3) is 2.86. The van der Waals surface area contributed by atoms with Gasteiger partial charge in [-0.15, -0.1) is 0 Å². The Labute approximate surface area is 163 Å². The topological polar surface area (TPSA) is 19.0 Å². The molecule has 5 rings (SSSR count). The van der Waals surface area contributed by atoms with Gasteiger partial charge in [0.15, 0.2) is 0 Å². The fourth-order valence-corrected chi connectivity index (χ4v) is 5.79. The zero-order chi connectivity index (χ0) is 18.4. The quantitative estimate of drug-likeness (QED) is 0.502. The fraction of sp³-hybridized carbons (Fsp3) is 0.0455. The number of H-pyrrole nitrogens is 1. The normalized spacial score (nSPS) is 14.6. The van der Waals surface area contributed by atoms with Crippen molar-refractivity contribution >= 4 is 24.5 Å². The molecule has 131 valence electrons. The molecule has 1 N–H and O–H groups in total. The monoisotopic (exact) mass is 393 g/mol. The van der Waals surface area contributed by atoms with Crippen molar-refractivity contribution in [1.29, 1.82) is 0 Å². The van der Waals surface area contributed by atoms with Crippen LogP contribution in [0.25, 0.3) is 10.9 Å². The van der Waals surface area contributed by atoms with Crippen molar-refractivity contribution in [2.45, 2.75) is 6.54 Å². The molecule has 0 saturated carbocycles. The molecular formula is C22H15F2N2Ti. The van der Waals surface area contributed by atoms with Crippen LogP contribution >= 0.6 is 0 Å². The van der Waals surface area contributed by atoms with Gasteiger partial charge in [0.2, 0.25) is 0 Å². The van der Waals surface area contributed by atoms with Crippen LogP contribution in [0.3, 0.4) is 0 Å². The summed E-state index contributed by atoms with van der Waals surface area (Å²) in [4.78, 5) is 5.30. The van der Waals surface area contributed by atoms with Crippen molar-refractivity contribution in [3.63, 3.8) is 0 Å². The Bertz CT molecular complexity index is 1140. The predicted octanol–water partition coefficient (Wildman–Crippen LogP) is 4.35. The molecular weight excluding hydrogens is 378 g/mol. The number of nitrogens with one attached hydrogen (secondary N) is 1. The van der Waals surface area contributed by atoms with Crippen molar-refractivity contribution in [2.75, 3.05) is 4.90 Å². The fourth-order valence-electron chi connectivity index (χ4n) is 3.62. The van der Waals surface area contributed by atoms with Crippen LogP contribution in [0, 0.1) is 11.6 Å². The summed E-state index contributed by atoms with van der Waals surface area (Å²) in [5, 5.41) is 1.16. The van der Waals surface area contributed by atoms with Gasteiger partial charge in [-0.1, -0.05) is 0 Å². The Morgan fingerprint density at radius 3 is 2.41 bits per heavy atom. The number of benzene rings is 3. The Morgan fingerprint density at radius 2 is 1.59 bits per heavy atom. The van der Waals surface area contributed by atoms with E-state index in [0.29, 0.717) is 6.54 Å². The van der Waals surface area contributed by atoms with Gasteiger partial charge >= 0.3 is 164 Å². The molecule has 1 aromatic heterocycles. The van der Waals surface area contributed by atoms with E-state index >= 15 is 0 Å². The summed E-state index contributed by atoms with van der Waals surface area (Å²) in [5.74, 6) is -1.05. The molecule has 0 spiro atoms. The van der Waals surface area contributed by atoms with Gasteiger partial charge in [-0.3, -0.25) is 0 Å². The third-order valence-electron chi connectivity index (χ3n) is 4.86. The number of halogens is 2. The molecule has 1 aliphatic rings. The Balaban J connectivity index is 1.70. The van der Waals surface area contributed by atoms with Gasteiger partial charge in [0, 0.05) is 0 Å². The van der Waals surface area contributed by atoms with E-state index < -0.39 is 30.3 Å². The van der Waals surface area contributed by atoms with E-state index in [2.05, 4.69) is 23.2 Å². The van der Waals surface area contributed by atoms with Crippen molar-refractivity contribution < 1.29 is 27.5 Å². The van der Waals surface area contributed by atoms with E-state index in [1.807, 2.05) is 41.3 Å². The second kappa shape index (κ2) is 6.56. The molecule has 0 bridgehead atoms. The van der Waals surface area contributed by atoms with E-state index in [1.54, 1.807) is 0 Å². The molecule has 27 heavy (non-hydrogen) atoms. The van der Waals surface area contributed by atoms with Gasteiger partial charge in [0.1, 0.15) is 0 Å². The summed E-state index contributed by atoms with van der Waals surface area (Å²) in [6.45, 7) is 0.493. The van der Waals surface area contributed by atoms with Crippen molar-refractivity contribution in [3.8, 4) is 0 Å². The first-order valence-electron chi connectivity index (χ1n) is 8.72. The second-order valence-corrected chi connectivity index (χ2v) is 8.53. The zero-order valence-electron chi connectivity index (χ0n) is 14.3. The van der Waals surface area contributed by atoms with Gasteiger partial charge in [0.25, 0.3) is 0 Å². The first kappa shape index (κ1) is 16.6. The number of aromatic nitrogens is 1. The number of aromatic amines is 1. The van der Waals surface area contributed by atoms with Gasteiger partial charge in [-0.2, -0.15) is 0 Å². The minimum absolute atomic E-state index is 0.0450. The first-order chi connectivity index (χ1) is 13.2. The molecule has 0 saturated heterocycles. The van der Waals surface area contributed by atoms with E-state index in [-0.39, 0.29) is 5.69 Å². The molecule has 2 heterocycles. The van der Waals surface area contributed by atoms with Crippen LogP contribution in [0.15, 0.2) is 72.8 Å². The number of hydrogen-bond donors (Lipinski definition) is 1. The van der Waals surface area contributed by atoms with Crippen LogP contribution in [-0.4, -0.2) is 8.92 Å². The Morgan fingerprint density at radius 1 is 0.852 bits per heavy atom. The molecule has 5 heteroatoms. The van der Waals surface area contributed by atoms with E-state index in [1.165, 1.54) is 18.2 Å². The molecule has 0 atom stereocenters. The summed E-state index contributed by atoms with van der Waals surface area (Å²) in [7, 11) is 0. The predicted molar refractivity (Wildman–Crippen MR) is 101 cm³/mol. The summed E-state index contributed by atoms with van der Waals surface area (Å²) in [5.41, 5.74) is 3.34. The van der Waals surface area contributed by atoms with E-state index in [0.717, 1.165) is 30.0 Å². The van der Waals surface area contributed by atoms with Crippen molar-refractivity contribution in [3.05, 3.63) is 95.6 Å². The van der Waals surface area contributed by atoms with Gasteiger partial charge in [-0.05, 0) is 0 Å². The second-order valence-electron chi connectivity index (χ2n) is 6.56. The number of hydrogen-bond acceptors (Lipinski definition) is 1. The number of fused-ring (bicyclic) bond motifs is 2. The number of nitrogens with zero attached hydrogens (tertiary/aromatic N) is 1. The van der Waals surface area contributed by atoms with Crippen LogP contribution in [0.2, 0.25) is 0 Å². The molecule has 0 aliphatic carbocycles. The number of anilines is 1. The van der Waals surface area contributed by atoms with E-state index in [4.69, 9.17) is 0 Å². The first-order valence-corrected chi connectivity index (χ1v) is 10.3. The average Bonchev–Trinajstić information content (AvgIpc) is 3.23. The maximum absolute atomic E-state index is 14.5. The Hall–Kier alpha value is -2.56. The van der Waals surface area contributed by atoms with Crippen molar-refractivity contribution in [1.82, 2.24) is 4.98 Å². The molecule has 0 fully saturated rings. The van der Waals surface area contributed by atoms with Crippen molar-refractivity contribution in [2.24, 2.45) is 0 Å². The maximum atomic E-state index is 14.5. The van der Waals surface area contributed by atoms with Gasteiger partial charge < -0.3 is 0 Å². The van der Waals surface area contributed by atoms with E-state index in [9.17, 15) is 8.78 Å². The third-order valence-corrected chi connectivity index (χ3v) is 6.91. The summed E-state index contributed by atoms with van der Waals surface area (Å²) < 4.78 is 31.2. The number of rotatable bonds is 2. The zero-order valence-corrected chi connectivity index (χ0v) is 15.9. The Kier molecular flexibility index (Phi) is 4.03. The summed E-state index contributed by atoms with van der Waals surface area (Å²) >= 11 is -0.818. The molecule has 1 aliphatic heterocycles. The van der Waals surface area contributed by atoms with Gasteiger partial charge in [-0.25, -0.2) is 0 Å².